The number of amides is 1. The highest BCUT2D eigenvalue weighted by Gasteiger charge is 2.26. The van der Waals surface area contributed by atoms with Crippen LogP contribution in [-0.2, 0) is 16.6 Å². The maximum atomic E-state index is 12.3. The summed E-state index contributed by atoms with van der Waals surface area (Å²) in [5.74, 6) is 0.928. The van der Waals surface area contributed by atoms with Gasteiger partial charge in [0.25, 0.3) is 15.9 Å². The molecule has 0 aliphatic heterocycles. The Morgan fingerprint density at radius 2 is 1.87 bits per heavy atom. The predicted molar refractivity (Wildman–Crippen MR) is 108 cm³/mol. The highest BCUT2D eigenvalue weighted by atomic mass is 32.2. The molecule has 0 aliphatic rings. The molecule has 1 aromatic carbocycles. The van der Waals surface area contributed by atoms with E-state index in [-0.39, 0.29) is 17.4 Å². The summed E-state index contributed by atoms with van der Waals surface area (Å²) in [6, 6.07) is 9.77. The minimum Gasteiger partial charge on any atom is -0.497 e. The average Bonchev–Trinajstić information content (AvgIpc) is 3.34. The van der Waals surface area contributed by atoms with E-state index in [0.29, 0.717) is 11.6 Å². The molecule has 3 N–H and O–H groups in total. The maximum absolute atomic E-state index is 12.3. The van der Waals surface area contributed by atoms with Crippen LogP contribution in [-0.4, -0.2) is 42.2 Å². The summed E-state index contributed by atoms with van der Waals surface area (Å²) >= 11 is 0. The van der Waals surface area contributed by atoms with Gasteiger partial charge in [0.1, 0.15) is 11.6 Å². The Bertz CT molecular complexity index is 1130. The van der Waals surface area contributed by atoms with Crippen molar-refractivity contribution >= 4 is 15.9 Å². The van der Waals surface area contributed by atoms with Crippen molar-refractivity contribution in [3.05, 3.63) is 48.0 Å². The first-order valence-electron chi connectivity index (χ1n) is 9.05. The molecule has 2 heterocycles. The zero-order chi connectivity index (χ0) is 21.9. The van der Waals surface area contributed by atoms with E-state index in [1.54, 1.807) is 40.0 Å². The normalized spacial score (nSPS) is 12.0. The third-order valence-electron chi connectivity index (χ3n) is 3.81. The van der Waals surface area contributed by atoms with Crippen molar-refractivity contribution in [1.82, 2.24) is 25.2 Å². The van der Waals surface area contributed by atoms with Crippen molar-refractivity contribution < 1.29 is 22.4 Å². The Morgan fingerprint density at radius 3 is 2.50 bits per heavy atom. The predicted octanol–water partition coefficient (Wildman–Crippen LogP) is 2.08. The van der Waals surface area contributed by atoms with Gasteiger partial charge in [-0.25, -0.2) is 18.1 Å². The molecule has 1 amide bonds. The molecule has 3 aromatic rings. The number of rotatable bonds is 7. The zero-order valence-corrected chi connectivity index (χ0v) is 17.8. The Balaban J connectivity index is 1.62. The number of hydrogen-bond acceptors (Lipinski definition) is 7. The highest BCUT2D eigenvalue weighted by Crippen LogP contribution is 2.19. The van der Waals surface area contributed by atoms with Crippen LogP contribution >= 0.6 is 0 Å². The molecule has 0 unspecified atom stereocenters. The molecule has 0 radical (unpaired) electrons. The fourth-order valence-corrected chi connectivity index (χ4v) is 3.89. The zero-order valence-electron chi connectivity index (χ0n) is 17.0. The van der Waals surface area contributed by atoms with Gasteiger partial charge in [-0.05, 0) is 57.2 Å². The van der Waals surface area contributed by atoms with Crippen LogP contribution in [0.3, 0.4) is 0 Å². The third-order valence-corrected chi connectivity index (χ3v) is 5.44. The van der Waals surface area contributed by atoms with E-state index < -0.39 is 21.5 Å². The Labute approximate surface area is 174 Å². The van der Waals surface area contributed by atoms with E-state index in [1.165, 1.54) is 12.1 Å². The van der Waals surface area contributed by atoms with Gasteiger partial charge in [0.05, 0.1) is 13.7 Å². The van der Waals surface area contributed by atoms with Gasteiger partial charge in [-0.15, -0.1) is 0 Å². The minimum absolute atomic E-state index is 0.0605. The first-order chi connectivity index (χ1) is 14.1. The van der Waals surface area contributed by atoms with Gasteiger partial charge in [0.2, 0.25) is 5.09 Å². The summed E-state index contributed by atoms with van der Waals surface area (Å²) in [5.41, 5.74) is 0.110. The van der Waals surface area contributed by atoms with Crippen LogP contribution in [0.2, 0.25) is 0 Å². The number of hydrogen-bond donors (Lipinski definition) is 3. The first-order valence-corrected chi connectivity index (χ1v) is 10.5. The number of aromatic amines is 1. The molecule has 3 rings (SSSR count). The van der Waals surface area contributed by atoms with E-state index in [0.717, 1.165) is 11.3 Å². The number of methoxy groups -OCH3 is 1. The SMILES string of the molecule is COc1ccc(-c2n[nH]c(CNC(=O)c3ccc(S(=O)(=O)NC(C)(C)C)o3)n2)cc1. The number of benzene rings is 1. The van der Waals surface area contributed by atoms with Gasteiger partial charge in [0, 0.05) is 11.1 Å². The summed E-state index contributed by atoms with van der Waals surface area (Å²) < 4.78 is 37.3. The molecule has 0 atom stereocenters. The highest BCUT2D eigenvalue weighted by molar-refractivity contribution is 7.89. The average molecular weight is 433 g/mol. The molecular formula is C19H23N5O5S. The lowest BCUT2D eigenvalue weighted by molar-refractivity contribution is 0.0916. The van der Waals surface area contributed by atoms with E-state index in [1.807, 2.05) is 12.1 Å². The molecule has 0 saturated heterocycles. The second kappa shape index (κ2) is 8.28. The van der Waals surface area contributed by atoms with Gasteiger partial charge in [-0.2, -0.15) is 5.10 Å². The molecule has 0 aliphatic carbocycles. The first kappa shape index (κ1) is 21.5. The minimum atomic E-state index is -3.86. The van der Waals surface area contributed by atoms with Gasteiger partial charge in [0.15, 0.2) is 11.6 Å². The lowest BCUT2D eigenvalue weighted by atomic mass is 10.1. The van der Waals surface area contributed by atoms with Crippen molar-refractivity contribution in [2.45, 2.75) is 37.9 Å². The molecule has 2 aromatic heterocycles. The van der Waals surface area contributed by atoms with Gasteiger partial charge >= 0.3 is 0 Å². The fraction of sp³-hybridized carbons (Fsp3) is 0.316. The van der Waals surface area contributed by atoms with Crippen LogP contribution in [0.1, 0.15) is 37.2 Å². The third kappa shape index (κ3) is 5.24. The molecule has 160 valence electrons. The molecule has 30 heavy (non-hydrogen) atoms. The Kier molecular flexibility index (Phi) is 5.94. The molecule has 0 saturated carbocycles. The monoisotopic (exact) mass is 433 g/mol. The van der Waals surface area contributed by atoms with Crippen molar-refractivity contribution in [3.63, 3.8) is 0 Å². The standard InChI is InChI=1S/C19H23N5O5S/c1-19(2,3)24-30(26,27)16-10-9-14(29-16)18(25)20-11-15-21-17(23-22-15)12-5-7-13(28-4)8-6-12/h5-10,24H,11H2,1-4H3,(H,20,25)(H,21,22,23). The van der Waals surface area contributed by atoms with E-state index in [4.69, 9.17) is 9.15 Å². The van der Waals surface area contributed by atoms with Crippen LogP contribution < -0.4 is 14.8 Å². The topological polar surface area (TPSA) is 139 Å². The van der Waals surface area contributed by atoms with Crippen LogP contribution in [0.15, 0.2) is 45.9 Å². The Hall–Kier alpha value is -3.18. The van der Waals surface area contributed by atoms with Crippen LogP contribution in [0.25, 0.3) is 11.4 Å². The fourth-order valence-electron chi connectivity index (χ4n) is 2.53. The number of sulfonamides is 1. The van der Waals surface area contributed by atoms with Crippen LogP contribution in [0, 0.1) is 0 Å². The lowest BCUT2D eigenvalue weighted by Crippen LogP contribution is -2.40. The van der Waals surface area contributed by atoms with Gasteiger partial charge < -0.3 is 14.5 Å². The quantitative estimate of drug-likeness (QED) is 0.518. The number of aromatic nitrogens is 3. The molecule has 0 fully saturated rings. The molecule has 11 heteroatoms. The summed E-state index contributed by atoms with van der Waals surface area (Å²) in [5, 5.41) is 9.16. The second-order valence-electron chi connectivity index (χ2n) is 7.49. The maximum Gasteiger partial charge on any atom is 0.287 e. The number of H-pyrrole nitrogens is 1. The number of carbonyl (C=O) groups excluding carboxylic acids is 1. The number of ether oxygens (including phenoxy) is 1. The lowest BCUT2D eigenvalue weighted by Gasteiger charge is -2.18. The molecule has 0 spiro atoms. The number of nitrogens with one attached hydrogen (secondary N) is 3. The largest absolute Gasteiger partial charge is 0.497 e. The number of nitrogens with zero attached hydrogens (tertiary/aromatic N) is 2. The Morgan fingerprint density at radius 1 is 1.17 bits per heavy atom. The number of carbonyl (C=O) groups is 1. The van der Waals surface area contributed by atoms with Crippen molar-refractivity contribution in [1.29, 1.82) is 0 Å². The van der Waals surface area contributed by atoms with Crippen LogP contribution in [0.4, 0.5) is 0 Å². The van der Waals surface area contributed by atoms with Gasteiger partial charge in [-0.3, -0.25) is 9.89 Å². The van der Waals surface area contributed by atoms with E-state index in [9.17, 15) is 13.2 Å². The molecule has 0 bridgehead atoms. The summed E-state index contributed by atoms with van der Waals surface area (Å²) in [7, 11) is -2.28. The van der Waals surface area contributed by atoms with Gasteiger partial charge in [-0.1, -0.05) is 0 Å². The van der Waals surface area contributed by atoms with E-state index >= 15 is 0 Å². The van der Waals surface area contributed by atoms with Crippen molar-refractivity contribution in [2.75, 3.05) is 7.11 Å². The summed E-state index contributed by atoms with van der Waals surface area (Å²) in [6.45, 7) is 5.18. The molecule has 10 nitrogen and oxygen atoms in total. The number of furan rings is 1. The van der Waals surface area contributed by atoms with Crippen molar-refractivity contribution in [3.8, 4) is 17.1 Å². The van der Waals surface area contributed by atoms with E-state index in [2.05, 4.69) is 25.2 Å². The summed E-state index contributed by atoms with van der Waals surface area (Å²) in [6.07, 6.45) is 0. The second-order valence-corrected chi connectivity index (χ2v) is 9.10. The van der Waals surface area contributed by atoms with Crippen molar-refractivity contribution in [2.24, 2.45) is 0 Å². The van der Waals surface area contributed by atoms with Crippen LogP contribution in [0.5, 0.6) is 5.75 Å². The summed E-state index contributed by atoms with van der Waals surface area (Å²) in [4.78, 5) is 16.6. The smallest absolute Gasteiger partial charge is 0.287 e. The molecular weight excluding hydrogens is 410 g/mol.